The number of carboxylic acid groups (broad SMARTS) is 1. The molecule has 1 heterocycles. The lowest BCUT2D eigenvalue weighted by Crippen LogP contribution is -2.39. The summed E-state index contributed by atoms with van der Waals surface area (Å²) in [4.78, 5) is 14.8. The molecular weight excluding hydrogens is 258 g/mol. The summed E-state index contributed by atoms with van der Waals surface area (Å²) in [6, 6.07) is 5.81. The molecule has 1 aromatic carbocycles. The van der Waals surface area contributed by atoms with Crippen LogP contribution in [0, 0.1) is 0 Å². The molecule has 1 aliphatic heterocycles. The van der Waals surface area contributed by atoms with Gasteiger partial charge in [0.25, 0.3) is 0 Å². The molecule has 1 N–H and O–H groups in total. The van der Waals surface area contributed by atoms with Crippen LogP contribution < -0.4 is 4.90 Å². The number of nitrogens with zero attached hydrogens (tertiary/aromatic N) is 1. The second-order valence-electron chi connectivity index (χ2n) is 5.46. The molecule has 0 unspecified atom stereocenters. The molecule has 0 aromatic heterocycles. The van der Waals surface area contributed by atoms with E-state index in [1.807, 2.05) is 25.1 Å². The largest absolute Gasteiger partial charge is 0.478 e. The first kappa shape index (κ1) is 14.3. The molecule has 1 aromatic rings. The molecule has 0 saturated carbocycles. The van der Waals surface area contributed by atoms with Gasteiger partial charge in [0, 0.05) is 17.0 Å². The van der Waals surface area contributed by atoms with Crippen molar-refractivity contribution in [3.05, 3.63) is 23.8 Å². The van der Waals surface area contributed by atoms with Crippen LogP contribution in [-0.4, -0.2) is 28.9 Å². The van der Waals surface area contributed by atoms with E-state index >= 15 is 0 Å². The van der Waals surface area contributed by atoms with Gasteiger partial charge in [0.05, 0.1) is 11.3 Å². The lowest BCUT2D eigenvalue weighted by Gasteiger charge is -2.35. The molecule has 0 radical (unpaired) electrons. The summed E-state index contributed by atoms with van der Waals surface area (Å²) in [5.41, 5.74) is 1.37. The van der Waals surface area contributed by atoms with Gasteiger partial charge in [-0.1, -0.05) is 13.0 Å². The SMILES string of the molecule is CCSc1cccc(N2CCCC2(C)C)c1C(=O)O. The molecule has 0 spiro atoms. The monoisotopic (exact) mass is 279 g/mol. The molecule has 4 heteroatoms. The zero-order valence-electron chi connectivity index (χ0n) is 11.8. The van der Waals surface area contributed by atoms with Gasteiger partial charge >= 0.3 is 5.97 Å². The van der Waals surface area contributed by atoms with Crippen LogP contribution in [0.2, 0.25) is 0 Å². The Kier molecular flexibility index (Phi) is 4.09. The van der Waals surface area contributed by atoms with Gasteiger partial charge in [-0.25, -0.2) is 4.79 Å². The molecule has 0 atom stereocenters. The van der Waals surface area contributed by atoms with Crippen LogP contribution in [0.15, 0.2) is 23.1 Å². The predicted molar refractivity (Wildman–Crippen MR) is 80.5 cm³/mol. The summed E-state index contributed by atoms with van der Waals surface area (Å²) < 4.78 is 0. The molecule has 1 aliphatic rings. The molecule has 1 saturated heterocycles. The zero-order valence-corrected chi connectivity index (χ0v) is 12.6. The average molecular weight is 279 g/mol. The molecule has 3 nitrogen and oxygen atoms in total. The van der Waals surface area contributed by atoms with Crippen molar-refractivity contribution >= 4 is 23.4 Å². The van der Waals surface area contributed by atoms with E-state index in [4.69, 9.17) is 0 Å². The highest BCUT2D eigenvalue weighted by atomic mass is 32.2. The maximum absolute atomic E-state index is 11.6. The minimum atomic E-state index is -0.825. The second-order valence-corrected chi connectivity index (χ2v) is 6.76. The number of thioether (sulfide) groups is 1. The van der Waals surface area contributed by atoms with Gasteiger partial charge < -0.3 is 10.0 Å². The molecule has 2 rings (SSSR count). The zero-order chi connectivity index (χ0) is 14.0. The number of benzene rings is 1. The van der Waals surface area contributed by atoms with Crippen molar-refractivity contribution < 1.29 is 9.90 Å². The van der Waals surface area contributed by atoms with Crippen molar-refractivity contribution in [3.63, 3.8) is 0 Å². The number of aromatic carboxylic acids is 1. The second kappa shape index (κ2) is 5.45. The minimum Gasteiger partial charge on any atom is -0.478 e. The first-order valence-electron chi connectivity index (χ1n) is 6.74. The Labute approximate surface area is 119 Å². The third-order valence-electron chi connectivity index (χ3n) is 3.71. The third kappa shape index (κ3) is 2.73. The quantitative estimate of drug-likeness (QED) is 0.849. The topological polar surface area (TPSA) is 40.5 Å². The van der Waals surface area contributed by atoms with Crippen molar-refractivity contribution in [2.45, 2.75) is 44.0 Å². The van der Waals surface area contributed by atoms with Crippen molar-refractivity contribution in [1.29, 1.82) is 0 Å². The van der Waals surface area contributed by atoms with Crippen LogP contribution in [0.25, 0.3) is 0 Å². The van der Waals surface area contributed by atoms with Crippen LogP contribution in [-0.2, 0) is 0 Å². The number of rotatable bonds is 4. The molecular formula is C15H21NO2S. The Balaban J connectivity index is 2.50. The fourth-order valence-electron chi connectivity index (χ4n) is 2.79. The maximum Gasteiger partial charge on any atom is 0.338 e. The smallest absolute Gasteiger partial charge is 0.338 e. The standard InChI is InChI=1S/C15H21NO2S/c1-4-19-12-8-5-7-11(13(12)14(17)18)16-10-6-9-15(16,2)3/h5,7-8H,4,6,9-10H2,1-3H3,(H,17,18). The van der Waals surface area contributed by atoms with Crippen LogP contribution in [0.5, 0.6) is 0 Å². The van der Waals surface area contributed by atoms with E-state index in [1.54, 1.807) is 11.8 Å². The summed E-state index contributed by atoms with van der Waals surface area (Å²) in [5.74, 6) is 0.0573. The predicted octanol–water partition coefficient (Wildman–Crippen LogP) is 3.88. The van der Waals surface area contributed by atoms with Gasteiger partial charge in [0.2, 0.25) is 0 Å². The highest BCUT2D eigenvalue weighted by Crippen LogP contribution is 2.38. The molecule has 0 amide bonds. The first-order chi connectivity index (χ1) is 8.97. The van der Waals surface area contributed by atoms with Crippen LogP contribution >= 0.6 is 11.8 Å². The van der Waals surface area contributed by atoms with Gasteiger partial charge in [0.15, 0.2) is 0 Å². The summed E-state index contributed by atoms with van der Waals surface area (Å²) in [5, 5.41) is 9.56. The lowest BCUT2D eigenvalue weighted by molar-refractivity contribution is 0.0693. The van der Waals surface area contributed by atoms with Gasteiger partial charge in [-0.05, 0) is 44.6 Å². The number of anilines is 1. The Morgan fingerprint density at radius 3 is 2.74 bits per heavy atom. The molecule has 0 aliphatic carbocycles. The number of carbonyl (C=O) groups is 1. The van der Waals surface area contributed by atoms with Gasteiger partial charge in [-0.2, -0.15) is 0 Å². The highest BCUT2D eigenvalue weighted by Gasteiger charge is 2.34. The van der Waals surface area contributed by atoms with E-state index in [9.17, 15) is 9.90 Å². The third-order valence-corrected chi connectivity index (χ3v) is 4.65. The summed E-state index contributed by atoms with van der Waals surface area (Å²) >= 11 is 1.60. The van der Waals surface area contributed by atoms with E-state index < -0.39 is 5.97 Å². The summed E-state index contributed by atoms with van der Waals surface area (Å²) in [7, 11) is 0. The first-order valence-corrected chi connectivity index (χ1v) is 7.72. The minimum absolute atomic E-state index is 0.0414. The van der Waals surface area contributed by atoms with Gasteiger partial charge in [0.1, 0.15) is 0 Å². The van der Waals surface area contributed by atoms with Gasteiger partial charge in [-0.15, -0.1) is 11.8 Å². The van der Waals surface area contributed by atoms with Crippen LogP contribution in [0.1, 0.15) is 44.0 Å². The van der Waals surface area contributed by atoms with E-state index in [-0.39, 0.29) is 5.54 Å². The Bertz CT molecular complexity index is 485. The fraction of sp³-hybridized carbons (Fsp3) is 0.533. The van der Waals surface area contributed by atoms with Crippen molar-refractivity contribution in [1.82, 2.24) is 0 Å². The Morgan fingerprint density at radius 1 is 1.47 bits per heavy atom. The summed E-state index contributed by atoms with van der Waals surface area (Å²) in [6.07, 6.45) is 2.23. The van der Waals surface area contributed by atoms with Crippen molar-refractivity contribution in [2.24, 2.45) is 0 Å². The lowest BCUT2D eigenvalue weighted by atomic mass is 10.0. The Hall–Kier alpha value is -1.16. The van der Waals surface area contributed by atoms with Crippen LogP contribution in [0.4, 0.5) is 5.69 Å². The average Bonchev–Trinajstić information content (AvgIpc) is 2.68. The number of hydrogen-bond acceptors (Lipinski definition) is 3. The highest BCUT2D eigenvalue weighted by molar-refractivity contribution is 7.99. The molecule has 0 bridgehead atoms. The van der Waals surface area contributed by atoms with E-state index in [1.165, 1.54) is 0 Å². The number of hydrogen-bond donors (Lipinski definition) is 1. The van der Waals surface area contributed by atoms with E-state index in [2.05, 4.69) is 18.7 Å². The number of carboxylic acids is 1. The van der Waals surface area contributed by atoms with Gasteiger partial charge in [-0.3, -0.25) is 0 Å². The van der Waals surface area contributed by atoms with Crippen molar-refractivity contribution in [3.8, 4) is 0 Å². The van der Waals surface area contributed by atoms with E-state index in [0.717, 1.165) is 35.7 Å². The van der Waals surface area contributed by atoms with Crippen molar-refractivity contribution in [2.75, 3.05) is 17.2 Å². The Morgan fingerprint density at radius 2 is 2.21 bits per heavy atom. The normalized spacial score (nSPS) is 17.7. The maximum atomic E-state index is 11.6. The molecule has 19 heavy (non-hydrogen) atoms. The fourth-order valence-corrected chi connectivity index (χ4v) is 3.61. The molecule has 1 fully saturated rings. The summed E-state index contributed by atoms with van der Waals surface area (Å²) in [6.45, 7) is 7.35. The van der Waals surface area contributed by atoms with Crippen LogP contribution in [0.3, 0.4) is 0 Å². The van der Waals surface area contributed by atoms with E-state index in [0.29, 0.717) is 5.56 Å². The molecule has 104 valence electrons.